The number of aromatic hydroxyl groups is 1. The number of carbonyl (C=O) groups excluding carboxylic acids is 1. The van der Waals surface area contributed by atoms with Gasteiger partial charge in [0.2, 0.25) is 15.7 Å². The summed E-state index contributed by atoms with van der Waals surface area (Å²) < 4.78 is 187. The summed E-state index contributed by atoms with van der Waals surface area (Å²) in [6, 6.07) is 8.98. The Labute approximate surface area is 346 Å². The van der Waals surface area contributed by atoms with Crippen LogP contribution >= 0.6 is 11.6 Å². The maximum atomic E-state index is 12.6. The molecule has 0 saturated carbocycles. The number of sulfone groups is 2. The monoisotopic (exact) mass is 977 g/mol. The number of nitrogens with zero attached hydrogens (tertiary/aromatic N) is 4. The van der Waals surface area contributed by atoms with E-state index in [-0.39, 0.29) is 29.4 Å². The molecule has 0 aliphatic heterocycles. The first-order chi connectivity index (χ1) is 27.5. The van der Waals surface area contributed by atoms with Gasteiger partial charge in [0.05, 0.1) is 33.5 Å². The molecule has 0 aliphatic rings. The van der Waals surface area contributed by atoms with Gasteiger partial charge in [0.15, 0.2) is 21.5 Å². The van der Waals surface area contributed by atoms with Crippen LogP contribution in [-0.2, 0) is 69.4 Å². The summed E-state index contributed by atoms with van der Waals surface area (Å²) in [6.45, 7) is 0. The zero-order valence-corrected chi connectivity index (χ0v) is 35.2. The minimum atomic E-state index is -5.49. The Kier molecular flexibility index (Phi) is 14.6. The van der Waals surface area contributed by atoms with Crippen LogP contribution in [0.15, 0.2) is 101 Å². The number of hydrogen-bond acceptors (Lipinski definition) is 19. The molecule has 1 amide bonds. The van der Waals surface area contributed by atoms with Crippen molar-refractivity contribution in [3.8, 4) is 5.75 Å². The third-order valence-corrected chi connectivity index (χ3v) is 14.4. The first-order valence-corrected chi connectivity index (χ1v) is 25.5. The van der Waals surface area contributed by atoms with Crippen molar-refractivity contribution in [2.24, 2.45) is 20.5 Å². The maximum absolute atomic E-state index is 12.6. The van der Waals surface area contributed by atoms with Gasteiger partial charge in [-0.05, 0) is 67.1 Å². The fraction of sp³-hybridized carbons (Fsp3) is 0.207. The van der Waals surface area contributed by atoms with Crippen LogP contribution < -0.4 is 5.32 Å². The topological polar surface area (TPSA) is 394 Å². The van der Waals surface area contributed by atoms with Crippen molar-refractivity contribution in [3.63, 3.8) is 0 Å². The molecule has 0 heterocycles. The fourth-order valence-electron chi connectivity index (χ4n) is 4.93. The number of nitrogens with one attached hydrogen (secondary N) is 1. The Morgan fingerprint density at radius 2 is 1.27 bits per heavy atom. The molecule has 0 unspecified atom stereocenters. The Balaban J connectivity index is 1.72. The summed E-state index contributed by atoms with van der Waals surface area (Å²) >= 11 is 5.44. The third-order valence-electron chi connectivity index (χ3n) is 7.55. The van der Waals surface area contributed by atoms with Gasteiger partial charge in [-0.3, -0.25) is 23.0 Å². The van der Waals surface area contributed by atoms with E-state index < -0.39 is 138 Å². The standard InChI is InChI=1S/C29H28ClN5O19S6/c30-11-13-55(38,39)12-1-2-26(36)31-23-10-8-20-21(29(23)59(48,49)50)15-25(58(45,46)47)27(28(20)37)35-34-22-9-5-18(14-24(22)57(42,43)44)33-32-17-3-6-19(7-4-17)56(40,41)16-54-60(51,52)53/h3-10,14-15,37H,1-2,11-13,16H2,(H,31,36)(H,42,43,44)(H,45,46,47)(H,48,49,50)(H,51,52,53). The molecule has 0 saturated heterocycles. The van der Waals surface area contributed by atoms with Gasteiger partial charge in [-0.1, -0.05) is 0 Å². The van der Waals surface area contributed by atoms with Crippen molar-refractivity contribution in [2.75, 3.05) is 28.6 Å². The molecule has 31 heteroatoms. The van der Waals surface area contributed by atoms with E-state index in [4.69, 9.17) is 16.2 Å². The third kappa shape index (κ3) is 12.7. The van der Waals surface area contributed by atoms with Crippen LogP contribution in [0.2, 0.25) is 0 Å². The molecular formula is C29H28ClN5O19S6. The lowest BCUT2D eigenvalue weighted by Gasteiger charge is -2.15. The minimum absolute atomic E-state index is 0.0375. The molecule has 6 N–H and O–H groups in total. The molecule has 0 radical (unpaired) electrons. The highest BCUT2D eigenvalue weighted by Crippen LogP contribution is 2.45. The van der Waals surface area contributed by atoms with E-state index in [0.29, 0.717) is 12.1 Å². The molecule has 0 spiro atoms. The Morgan fingerprint density at radius 1 is 0.667 bits per heavy atom. The number of phenols is 1. The molecular weight excluding hydrogens is 950 g/mol. The number of amides is 1. The van der Waals surface area contributed by atoms with E-state index in [2.05, 4.69) is 30.0 Å². The normalized spacial score (nSPS) is 13.3. The SMILES string of the molecule is O=C(CCCS(=O)(=O)CCCl)Nc1ccc2c(O)c(N=Nc3ccc(N=Nc4ccc(S(=O)(=O)COS(=O)(=O)O)cc4)cc3S(=O)(=O)O)c(S(=O)(=O)O)cc2c1S(=O)(=O)O. The molecule has 0 fully saturated rings. The van der Waals surface area contributed by atoms with E-state index in [9.17, 15) is 74.1 Å². The number of fused-ring (bicyclic) bond motifs is 1. The van der Waals surface area contributed by atoms with Crippen molar-refractivity contribution in [3.05, 3.63) is 60.7 Å². The van der Waals surface area contributed by atoms with Gasteiger partial charge in [0.1, 0.15) is 26.1 Å². The number of azo groups is 2. The highest BCUT2D eigenvalue weighted by atomic mass is 35.5. The van der Waals surface area contributed by atoms with E-state index in [0.717, 1.165) is 48.5 Å². The molecule has 4 aromatic carbocycles. The quantitative estimate of drug-likeness (QED) is 0.0465. The van der Waals surface area contributed by atoms with Crippen LogP contribution in [0.3, 0.4) is 0 Å². The first kappa shape index (κ1) is 48.1. The smallest absolute Gasteiger partial charge is 0.398 e. The number of benzene rings is 4. The van der Waals surface area contributed by atoms with E-state index in [1.54, 1.807) is 0 Å². The summed E-state index contributed by atoms with van der Waals surface area (Å²) in [7, 11) is -29.1. The van der Waals surface area contributed by atoms with Gasteiger partial charge < -0.3 is 10.4 Å². The van der Waals surface area contributed by atoms with Gasteiger partial charge in [0, 0.05) is 23.1 Å². The highest BCUT2D eigenvalue weighted by Gasteiger charge is 2.29. The lowest BCUT2D eigenvalue weighted by atomic mass is 10.1. The largest absolute Gasteiger partial charge is 0.505 e. The second-order valence-electron chi connectivity index (χ2n) is 11.9. The van der Waals surface area contributed by atoms with Crippen LogP contribution in [0.5, 0.6) is 5.75 Å². The number of anilines is 1. The van der Waals surface area contributed by atoms with Crippen molar-refractivity contribution in [1.29, 1.82) is 0 Å². The predicted molar refractivity (Wildman–Crippen MR) is 208 cm³/mol. The molecule has 0 bridgehead atoms. The number of halogens is 1. The summed E-state index contributed by atoms with van der Waals surface area (Å²) in [5, 5.41) is 26.6. The van der Waals surface area contributed by atoms with Gasteiger partial charge in [-0.2, -0.15) is 43.9 Å². The average Bonchev–Trinajstić information content (AvgIpc) is 3.11. The van der Waals surface area contributed by atoms with Crippen molar-refractivity contribution in [2.45, 2.75) is 32.4 Å². The zero-order valence-electron chi connectivity index (χ0n) is 29.6. The second kappa shape index (κ2) is 18.2. The van der Waals surface area contributed by atoms with Crippen LogP contribution in [0, 0.1) is 0 Å². The summed E-state index contributed by atoms with van der Waals surface area (Å²) in [5.41, 5.74) is -2.82. The predicted octanol–water partition coefficient (Wildman–Crippen LogP) is 4.04. The number of hydrogen-bond donors (Lipinski definition) is 6. The average molecular weight is 978 g/mol. The molecule has 4 rings (SSSR count). The molecule has 60 heavy (non-hydrogen) atoms. The number of alkyl halides is 1. The first-order valence-electron chi connectivity index (χ1n) is 15.8. The Hall–Kier alpha value is -4.60. The van der Waals surface area contributed by atoms with Crippen molar-refractivity contribution in [1.82, 2.24) is 0 Å². The van der Waals surface area contributed by atoms with Gasteiger partial charge in [0.25, 0.3) is 30.4 Å². The Morgan fingerprint density at radius 3 is 1.83 bits per heavy atom. The number of rotatable bonds is 18. The second-order valence-corrected chi connectivity index (χ2v) is 21.7. The highest BCUT2D eigenvalue weighted by molar-refractivity contribution is 7.92. The van der Waals surface area contributed by atoms with Gasteiger partial charge >= 0.3 is 10.4 Å². The molecule has 326 valence electrons. The van der Waals surface area contributed by atoms with Crippen LogP contribution in [-0.4, -0.2) is 103 Å². The lowest BCUT2D eigenvalue weighted by molar-refractivity contribution is -0.116. The summed E-state index contributed by atoms with van der Waals surface area (Å²) in [4.78, 5) is 8.62. The van der Waals surface area contributed by atoms with Crippen LogP contribution in [0.4, 0.5) is 28.4 Å². The zero-order chi connectivity index (χ0) is 45.1. The molecule has 0 atom stereocenters. The minimum Gasteiger partial charge on any atom is -0.505 e. The molecule has 0 aliphatic carbocycles. The molecule has 24 nitrogen and oxygen atoms in total. The summed E-state index contributed by atoms with van der Waals surface area (Å²) in [5.74, 6) is -4.57. The fourth-order valence-corrected chi connectivity index (χ4v) is 10.5. The van der Waals surface area contributed by atoms with Gasteiger partial charge in [-0.25, -0.2) is 21.0 Å². The maximum Gasteiger partial charge on any atom is 0.398 e. The lowest BCUT2D eigenvalue weighted by Crippen LogP contribution is -2.17. The van der Waals surface area contributed by atoms with Crippen molar-refractivity contribution < 1.29 is 82.8 Å². The van der Waals surface area contributed by atoms with Crippen LogP contribution in [0.1, 0.15) is 12.8 Å². The van der Waals surface area contributed by atoms with Crippen LogP contribution in [0.25, 0.3) is 10.8 Å². The van der Waals surface area contributed by atoms with E-state index in [1.807, 2.05) is 0 Å². The number of phenolic OH excluding ortho intramolecular Hbond substituents is 1. The Bertz CT molecular complexity index is 3110. The van der Waals surface area contributed by atoms with E-state index in [1.165, 1.54) is 0 Å². The summed E-state index contributed by atoms with van der Waals surface area (Å²) in [6.07, 6.45) is -0.687. The van der Waals surface area contributed by atoms with Crippen molar-refractivity contribution >= 4 is 117 Å². The molecule has 0 aromatic heterocycles. The van der Waals surface area contributed by atoms with E-state index >= 15 is 0 Å². The van der Waals surface area contributed by atoms with Gasteiger partial charge in [-0.15, -0.1) is 21.8 Å². The molecule has 4 aromatic rings. The number of carbonyl (C=O) groups is 1.